The number of aliphatic hydroxyl groups excluding tert-OH is 2. The van der Waals surface area contributed by atoms with Crippen LogP contribution in [0.3, 0.4) is 0 Å². The van der Waals surface area contributed by atoms with Crippen molar-refractivity contribution in [2.75, 3.05) is 17.7 Å². The number of fused-ring (bicyclic) bond motifs is 1. The molecule has 8 nitrogen and oxygen atoms in total. The number of hydrogen-bond donors (Lipinski definition) is 5. The minimum Gasteiger partial charge on any atom is -0.488 e. The Balaban J connectivity index is 1.52. The molecule has 0 bridgehead atoms. The summed E-state index contributed by atoms with van der Waals surface area (Å²) in [7, 11) is 0. The highest BCUT2D eigenvalue weighted by atomic mass is 19.1. The molecule has 32 heavy (non-hydrogen) atoms. The summed E-state index contributed by atoms with van der Waals surface area (Å²) in [5, 5.41) is 30.3. The third-order valence-electron chi connectivity index (χ3n) is 5.59. The fourth-order valence-corrected chi connectivity index (χ4v) is 3.85. The predicted octanol–water partition coefficient (Wildman–Crippen LogP) is 3.01. The van der Waals surface area contributed by atoms with Crippen molar-refractivity contribution in [1.29, 1.82) is 5.41 Å². The Morgan fingerprint density at radius 3 is 2.72 bits per heavy atom. The van der Waals surface area contributed by atoms with Gasteiger partial charge in [0.05, 0.1) is 31.1 Å². The summed E-state index contributed by atoms with van der Waals surface area (Å²) in [5.41, 5.74) is 8.17. The van der Waals surface area contributed by atoms with E-state index in [0.717, 1.165) is 5.69 Å². The first kappa shape index (κ1) is 21.9. The van der Waals surface area contributed by atoms with E-state index in [-0.39, 0.29) is 24.5 Å². The van der Waals surface area contributed by atoms with Gasteiger partial charge < -0.3 is 31.4 Å². The molecule has 1 heterocycles. The van der Waals surface area contributed by atoms with Gasteiger partial charge in [-0.15, -0.1) is 0 Å². The van der Waals surface area contributed by atoms with Crippen LogP contribution >= 0.6 is 0 Å². The van der Waals surface area contributed by atoms with Gasteiger partial charge in [-0.25, -0.2) is 14.4 Å². The van der Waals surface area contributed by atoms with Gasteiger partial charge in [0.25, 0.3) is 0 Å². The van der Waals surface area contributed by atoms with Gasteiger partial charge in [0.2, 0.25) is 0 Å². The van der Waals surface area contributed by atoms with E-state index in [2.05, 4.69) is 15.3 Å². The van der Waals surface area contributed by atoms with Crippen molar-refractivity contribution in [3.8, 4) is 5.75 Å². The SMILES string of the molecule is N=C(CO)c1ccc(NCc2ncc3cc(F)cc(OC4CCC(O)CC4)c3n2)cc1N. The number of aromatic nitrogens is 2. The maximum absolute atomic E-state index is 14.1. The van der Waals surface area contributed by atoms with Crippen molar-refractivity contribution < 1.29 is 19.3 Å². The molecule has 4 rings (SSSR count). The molecular formula is C23H26FN5O3. The predicted molar refractivity (Wildman–Crippen MR) is 120 cm³/mol. The molecule has 1 saturated carbocycles. The van der Waals surface area contributed by atoms with Crippen molar-refractivity contribution in [1.82, 2.24) is 9.97 Å². The third kappa shape index (κ3) is 4.95. The van der Waals surface area contributed by atoms with E-state index in [9.17, 15) is 9.50 Å². The molecule has 3 aromatic rings. The lowest BCUT2D eigenvalue weighted by atomic mass is 9.95. The molecule has 0 atom stereocenters. The van der Waals surface area contributed by atoms with Crippen molar-refractivity contribution in [2.24, 2.45) is 0 Å². The van der Waals surface area contributed by atoms with Crippen LogP contribution in [0.2, 0.25) is 0 Å². The molecule has 168 valence electrons. The Labute approximate surface area is 184 Å². The molecule has 0 unspecified atom stereocenters. The quantitative estimate of drug-likeness (QED) is 0.282. The molecule has 9 heteroatoms. The normalized spacial score (nSPS) is 18.5. The zero-order valence-electron chi connectivity index (χ0n) is 17.5. The zero-order chi connectivity index (χ0) is 22.7. The molecule has 0 spiro atoms. The van der Waals surface area contributed by atoms with E-state index in [1.54, 1.807) is 24.4 Å². The number of rotatable bonds is 7. The Morgan fingerprint density at radius 1 is 1.22 bits per heavy atom. The molecular weight excluding hydrogens is 413 g/mol. The number of nitrogens with two attached hydrogens (primary N) is 1. The highest BCUT2D eigenvalue weighted by Crippen LogP contribution is 2.30. The maximum atomic E-state index is 14.1. The third-order valence-corrected chi connectivity index (χ3v) is 5.59. The molecule has 1 aliphatic rings. The second-order valence-electron chi connectivity index (χ2n) is 7.97. The summed E-state index contributed by atoms with van der Waals surface area (Å²) in [6.07, 6.45) is 3.95. The average molecular weight is 439 g/mol. The van der Waals surface area contributed by atoms with Crippen LogP contribution in [-0.4, -0.2) is 44.7 Å². The number of benzene rings is 2. The summed E-state index contributed by atoms with van der Waals surface area (Å²) in [6, 6.07) is 7.83. The van der Waals surface area contributed by atoms with E-state index in [0.29, 0.717) is 66.0 Å². The minimum atomic E-state index is -0.415. The first-order valence-electron chi connectivity index (χ1n) is 10.5. The lowest BCUT2D eigenvalue weighted by Crippen LogP contribution is -2.26. The Bertz CT molecular complexity index is 1130. The number of hydrogen-bond acceptors (Lipinski definition) is 8. The fourth-order valence-electron chi connectivity index (χ4n) is 3.85. The van der Waals surface area contributed by atoms with Gasteiger partial charge in [-0.2, -0.15) is 0 Å². The molecule has 0 amide bonds. The van der Waals surface area contributed by atoms with Crippen molar-refractivity contribution in [2.45, 2.75) is 44.4 Å². The summed E-state index contributed by atoms with van der Waals surface area (Å²) >= 11 is 0. The average Bonchev–Trinajstić information content (AvgIpc) is 2.79. The van der Waals surface area contributed by atoms with E-state index in [1.807, 2.05) is 0 Å². The maximum Gasteiger partial charge on any atom is 0.148 e. The number of nitrogen functional groups attached to an aromatic ring is 1. The summed E-state index contributed by atoms with van der Waals surface area (Å²) in [6.45, 7) is -0.0764. The van der Waals surface area contributed by atoms with Gasteiger partial charge in [0.1, 0.15) is 22.9 Å². The largest absolute Gasteiger partial charge is 0.488 e. The van der Waals surface area contributed by atoms with Crippen molar-refractivity contribution in [3.63, 3.8) is 0 Å². The lowest BCUT2D eigenvalue weighted by Gasteiger charge is -2.26. The molecule has 6 N–H and O–H groups in total. The van der Waals surface area contributed by atoms with E-state index in [1.165, 1.54) is 12.1 Å². The van der Waals surface area contributed by atoms with Gasteiger partial charge in [0, 0.05) is 34.6 Å². The first-order valence-corrected chi connectivity index (χ1v) is 10.5. The molecule has 0 radical (unpaired) electrons. The number of nitrogens with zero attached hydrogens (tertiary/aromatic N) is 2. The number of anilines is 2. The lowest BCUT2D eigenvalue weighted by molar-refractivity contribution is 0.0671. The van der Waals surface area contributed by atoms with Crippen LogP contribution in [0.25, 0.3) is 10.9 Å². The first-order chi connectivity index (χ1) is 15.4. The van der Waals surface area contributed by atoms with Crippen molar-refractivity contribution in [3.05, 3.63) is 53.7 Å². The van der Waals surface area contributed by atoms with Crippen molar-refractivity contribution >= 4 is 28.0 Å². The van der Waals surface area contributed by atoms with E-state index >= 15 is 0 Å². The van der Waals surface area contributed by atoms with Gasteiger partial charge in [-0.05, 0) is 49.9 Å². The molecule has 1 fully saturated rings. The molecule has 0 aliphatic heterocycles. The van der Waals surface area contributed by atoms with Crippen LogP contribution in [0.15, 0.2) is 36.5 Å². The van der Waals surface area contributed by atoms with Crippen LogP contribution in [0.4, 0.5) is 15.8 Å². The monoisotopic (exact) mass is 439 g/mol. The van der Waals surface area contributed by atoms with Gasteiger partial charge in [-0.1, -0.05) is 0 Å². The molecule has 2 aromatic carbocycles. The minimum absolute atomic E-state index is 0.0548. The number of aliphatic hydroxyl groups is 2. The number of nitrogens with one attached hydrogen (secondary N) is 2. The Hall–Kier alpha value is -3.30. The summed E-state index contributed by atoms with van der Waals surface area (Å²) in [5.74, 6) is 0.460. The van der Waals surface area contributed by atoms with Crippen LogP contribution in [0, 0.1) is 11.2 Å². The Kier molecular flexibility index (Phi) is 6.48. The fraction of sp³-hybridized carbons (Fsp3) is 0.348. The van der Waals surface area contributed by atoms with Gasteiger partial charge in [-0.3, -0.25) is 0 Å². The second kappa shape index (κ2) is 9.46. The number of ether oxygens (including phenoxy) is 1. The van der Waals surface area contributed by atoms with Gasteiger partial charge >= 0.3 is 0 Å². The standard InChI is InChI=1S/C23H26FN5O3/c24-14-7-13-10-28-22(11-27-15-1-6-18(19(25)9-15)20(26)12-30)29-23(13)21(8-14)32-17-4-2-16(31)3-5-17/h1,6-10,16-17,26-27,30-31H,2-5,11-12,25H2. The Morgan fingerprint density at radius 2 is 2.00 bits per heavy atom. The van der Waals surface area contributed by atoms with Crippen LogP contribution in [-0.2, 0) is 6.54 Å². The highest BCUT2D eigenvalue weighted by molar-refractivity contribution is 6.03. The zero-order valence-corrected chi connectivity index (χ0v) is 17.5. The smallest absolute Gasteiger partial charge is 0.148 e. The van der Waals surface area contributed by atoms with Crippen LogP contribution in [0.5, 0.6) is 5.75 Å². The second-order valence-corrected chi connectivity index (χ2v) is 7.97. The highest BCUT2D eigenvalue weighted by Gasteiger charge is 2.22. The topological polar surface area (TPSA) is 137 Å². The molecule has 0 saturated heterocycles. The van der Waals surface area contributed by atoms with E-state index < -0.39 is 5.82 Å². The van der Waals surface area contributed by atoms with Crippen LogP contribution in [0.1, 0.15) is 37.1 Å². The molecule has 1 aliphatic carbocycles. The van der Waals surface area contributed by atoms with E-state index in [4.69, 9.17) is 21.0 Å². The summed E-state index contributed by atoms with van der Waals surface area (Å²) in [4.78, 5) is 8.90. The molecule has 1 aromatic heterocycles. The number of halogens is 1. The van der Waals surface area contributed by atoms with Crippen LogP contribution < -0.4 is 15.8 Å². The van der Waals surface area contributed by atoms with Gasteiger partial charge in [0.15, 0.2) is 0 Å². The summed E-state index contributed by atoms with van der Waals surface area (Å²) < 4.78 is 20.2.